The number of ether oxygens (including phenoxy) is 3. The Morgan fingerprint density at radius 3 is 2.14 bits per heavy atom. The summed E-state index contributed by atoms with van der Waals surface area (Å²) in [5.74, 6) is 0. The van der Waals surface area contributed by atoms with Gasteiger partial charge in [-0.3, -0.25) is 0 Å². The van der Waals surface area contributed by atoms with Gasteiger partial charge in [-0.2, -0.15) is 0 Å². The van der Waals surface area contributed by atoms with Gasteiger partial charge in [-0.05, 0) is 6.92 Å². The number of hydrogen-bond acceptors (Lipinski definition) is 3. The van der Waals surface area contributed by atoms with Crippen molar-refractivity contribution in [2.24, 2.45) is 0 Å². The SMILES string of the molecule is CC1OCOCO1. The van der Waals surface area contributed by atoms with Crippen LogP contribution in [0.4, 0.5) is 0 Å². The van der Waals surface area contributed by atoms with E-state index in [0.29, 0.717) is 13.6 Å². The van der Waals surface area contributed by atoms with Crippen molar-refractivity contribution in [1.29, 1.82) is 0 Å². The summed E-state index contributed by atoms with van der Waals surface area (Å²) in [4.78, 5) is 0. The van der Waals surface area contributed by atoms with Gasteiger partial charge in [0.2, 0.25) is 0 Å². The first-order chi connectivity index (χ1) is 3.39. The second-order valence-corrected chi connectivity index (χ2v) is 1.34. The second-order valence-electron chi connectivity index (χ2n) is 1.34. The van der Waals surface area contributed by atoms with Crippen molar-refractivity contribution < 1.29 is 14.2 Å². The topological polar surface area (TPSA) is 27.7 Å². The van der Waals surface area contributed by atoms with Crippen molar-refractivity contribution in [3.8, 4) is 0 Å². The normalized spacial score (nSPS) is 25.3. The Hall–Kier alpha value is -0.120. The maximum Gasteiger partial charge on any atom is 0.160 e. The van der Waals surface area contributed by atoms with E-state index in [0.717, 1.165) is 0 Å². The van der Waals surface area contributed by atoms with Crippen LogP contribution in [0.1, 0.15) is 6.92 Å². The predicted octanol–water partition coefficient (Wildman–Crippen LogP) is 0.311. The molecule has 0 aromatic carbocycles. The van der Waals surface area contributed by atoms with Crippen LogP contribution in [-0.2, 0) is 14.2 Å². The molecule has 1 aliphatic rings. The van der Waals surface area contributed by atoms with E-state index in [1.807, 2.05) is 6.92 Å². The van der Waals surface area contributed by atoms with Gasteiger partial charge in [0.05, 0.1) is 0 Å². The van der Waals surface area contributed by atoms with Gasteiger partial charge in [-0.25, -0.2) is 0 Å². The summed E-state index contributed by atoms with van der Waals surface area (Å²) in [5.41, 5.74) is 0. The third-order valence-electron chi connectivity index (χ3n) is 0.772. The molecule has 0 saturated carbocycles. The molecule has 0 amide bonds. The van der Waals surface area contributed by atoms with E-state index in [-0.39, 0.29) is 6.29 Å². The summed E-state index contributed by atoms with van der Waals surface area (Å²) in [6.45, 7) is 2.56. The molecule has 1 fully saturated rings. The highest BCUT2D eigenvalue weighted by molar-refractivity contribution is 4.27. The smallest absolute Gasteiger partial charge is 0.160 e. The first kappa shape index (κ1) is 5.03. The van der Waals surface area contributed by atoms with Crippen molar-refractivity contribution in [1.82, 2.24) is 0 Å². The highest BCUT2D eigenvalue weighted by atomic mass is 16.8. The molecule has 0 aromatic rings. The Balaban J connectivity index is 2.12. The van der Waals surface area contributed by atoms with Crippen LogP contribution in [0.3, 0.4) is 0 Å². The fraction of sp³-hybridized carbons (Fsp3) is 1.00. The van der Waals surface area contributed by atoms with Gasteiger partial charge in [0.15, 0.2) is 19.9 Å². The average molecular weight is 104 g/mol. The Morgan fingerprint density at radius 2 is 1.86 bits per heavy atom. The number of rotatable bonds is 0. The first-order valence-corrected chi connectivity index (χ1v) is 2.20. The lowest BCUT2D eigenvalue weighted by Gasteiger charge is -2.18. The zero-order chi connectivity index (χ0) is 5.11. The second kappa shape index (κ2) is 2.26. The van der Waals surface area contributed by atoms with E-state index in [2.05, 4.69) is 0 Å². The Kier molecular flexibility index (Phi) is 1.62. The maximum absolute atomic E-state index is 4.83. The van der Waals surface area contributed by atoms with Gasteiger partial charge in [0.25, 0.3) is 0 Å². The number of hydrogen-bond donors (Lipinski definition) is 0. The van der Waals surface area contributed by atoms with Gasteiger partial charge >= 0.3 is 0 Å². The molecule has 1 rings (SSSR count). The summed E-state index contributed by atoms with van der Waals surface area (Å²) in [7, 11) is 0. The van der Waals surface area contributed by atoms with Crippen LogP contribution in [0.2, 0.25) is 0 Å². The molecule has 0 N–H and O–H groups in total. The highest BCUT2D eigenvalue weighted by Crippen LogP contribution is 1.98. The van der Waals surface area contributed by atoms with Crippen molar-refractivity contribution in [3.05, 3.63) is 0 Å². The fourth-order valence-electron chi connectivity index (χ4n) is 0.370. The van der Waals surface area contributed by atoms with Crippen LogP contribution in [0.5, 0.6) is 0 Å². The van der Waals surface area contributed by atoms with Crippen LogP contribution >= 0.6 is 0 Å². The molecule has 0 spiro atoms. The molecule has 0 aromatic heterocycles. The van der Waals surface area contributed by atoms with Gasteiger partial charge in [0.1, 0.15) is 0 Å². The Labute approximate surface area is 42.2 Å². The van der Waals surface area contributed by atoms with Crippen LogP contribution < -0.4 is 0 Å². The zero-order valence-electron chi connectivity index (χ0n) is 4.22. The standard InChI is InChI=1S/C4H8O3/c1-4-6-2-5-3-7-4/h4H,2-3H2,1H3. The third-order valence-corrected chi connectivity index (χ3v) is 0.772. The quantitative estimate of drug-likeness (QED) is 0.442. The molecule has 1 aliphatic heterocycles. The van der Waals surface area contributed by atoms with Crippen LogP contribution in [0.15, 0.2) is 0 Å². The average Bonchev–Trinajstić information content (AvgIpc) is 1.69. The molecular formula is C4H8O3. The molecule has 7 heavy (non-hydrogen) atoms. The molecular weight excluding hydrogens is 96.0 g/mol. The lowest BCUT2D eigenvalue weighted by molar-refractivity contribution is -0.291. The highest BCUT2D eigenvalue weighted by Gasteiger charge is 2.05. The molecule has 42 valence electrons. The molecule has 0 atom stereocenters. The van der Waals surface area contributed by atoms with Crippen molar-refractivity contribution in [3.63, 3.8) is 0 Å². The Bertz CT molecular complexity index is 48.9. The van der Waals surface area contributed by atoms with Gasteiger partial charge in [-0.15, -0.1) is 0 Å². The molecule has 3 heteroatoms. The summed E-state index contributed by atoms with van der Waals surface area (Å²) < 4.78 is 14.4. The van der Waals surface area contributed by atoms with Crippen LogP contribution in [0.25, 0.3) is 0 Å². The third kappa shape index (κ3) is 1.43. The Morgan fingerprint density at radius 1 is 1.29 bits per heavy atom. The minimum Gasteiger partial charge on any atom is -0.329 e. The monoisotopic (exact) mass is 104 g/mol. The zero-order valence-corrected chi connectivity index (χ0v) is 4.22. The molecule has 3 nitrogen and oxygen atoms in total. The van der Waals surface area contributed by atoms with E-state index in [4.69, 9.17) is 14.2 Å². The summed E-state index contributed by atoms with van der Waals surface area (Å²) in [6, 6.07) is 0. The van der Waals surface area contributed by atoms with Gasteiger partial charge in [0, 0.05) is 0 Å². The van der Waals surface area contributed by atoms with E-state index >= 15 is 0 Å². The van der Waals surface area contributed by atoms with Crippen LogP contribution in [-0.4, -0.2) is 19.9 Å². The van der Waals surface area contributed by atoms with E-state index in [9.17, 15) is 0 Å². The summed E-state index contributed by atoms with van der Waals surface area (Å²) in [6.07, 6.45) is -0.0891. The fourth-order valence-corrected chi connectivity index (χ4v) is 0.370. The minimum absolute atomic E-state index is 0.0891. The van der Waals surface area contributed by atoms with Crippen molar-refractivity contribution in [2.75, 3.05) is 13.6 Å². The van der Waals surface area contributed by atoms with Gasteiger partial charge in [-0.1, -0.05) is 0 Å². The first-order valence-electron chi connectivity index (χ1n) is 2.20. The van der Waals surface area contributed by atoms with Crippen molar-refractivity contribution in [2.45, 2.75) is 13.2 Å². The van der Waals surface area contributed by atoms with E-state index in [1.165, 1.54) is 0 Å². The molecule has 0 aliphatic carbocycles. The lowest BCUT2D eigenvalue weighted by atomic mass is 10.7. The molecule has 0 bridgehead atoms. The molecule has 0 unspecified atom stereocenters. The summed E-state index contributed by atoms with van der Waals surface area (Å²) >= 11 is 0. The molecule has 0 radical (unpaired) electrons. The molecule has 1 saturated heterocycles. The van der Waals surface area contributed by atoms with E-state index in [1.54, 1.807) is 0 Å². The van der Waals surface area contributed by atoms with Crippen LogP contribution in [0, 0.1) is 0 Å². The summed E-state index contributed by atoms with van der Waals surface area (Å²) in [5, 5.41) is 0. The molecule has 1 heterocycles. The van der Waals surface area contributed by atoms with E-state index < -0.39 is 0 Å². The largest absolute Gasteiger partial charge is 0.329 e. The lowest BCUT2D eigenvalue weighted by Crippen LogP contribution is -2.23. The maximum atomic E-state index is 4.83. The van der Waals surface area contributed by atoms with Crippen molar-refractivity contribution >= 4 is 0 Å². The minimum atomic E-state index is -0.0891. The van der Waals surface area contributed by atoms with Gasteiger partial charge < -0.3 is 14.2 Å². The predicted molar refractivity (Wildman–Crippen MR) is 22.5 cm³/mol.